The number of nitrogens with zero attached hydrogens (tertiary/aromatic N) is 1. The van der Waals surface area contributed by atoms with Crippen molar-refractivity contribution in [2.24, 2.45) is 5.92 Å². The Morgan fingerprint density at radius 3 is 3.00 bits per heavy atom. The molecule has 2 aliphatic rings. The predicted octanol–water partition coefficient (Wildman–Crippen LogP) is 4.13. The van der Waals surface area contributed by atoms with Crippen LogP contribution in [0, 0.1) is 5.92 Å². The van der Waals surface area contributed by atoms with Crippen LogP contribution in [0.1, 0.15) is 50.0 Å². The number of likely N-dealkylation sites (tertiary alicyclic amines) is 1. The summed E-state index contributed by atoms with van der Waals surface area (Å²) in [5, 5.41) is 4.98. The predicted molar refractivity (Wildman–Crippen MR) is 102 cm³/mol. The highest BCUT2D eigenvalue weighted by molar-refractivity contribution is 5.83. The molecule has 0 amide bonds. The molecule has 2 atom stereocenters. The van der Waals surface area contributed by atoms with Gasteiger partial charge in [0.2, 0.25) is 0 Å². The van der Waals surface area contributed by atoms with E-state index < -0.39 is 0 Å². The second-order valence-corrected chi connectivity index (χ2v) is 7.78. The summed E-state index contributed by atoms with van der Waals surface area (Å²) in [5.74, 6) is 1.62. The van der Waals surface area contributed by atoms with Crippen LogP contribution >= 0.6 is 0 Å². The Morgan fingerprint density at radius 2 is 2.08 bits per heavy atom. The Labute approximate surface area is 145 Å². The quantitative estimate of drug-likeness (QED) is 0.866. The van der Waals surface area contributed by atoms with Crippen molar-refractivity contribution in [1.82, 2.24) is 15.2 Å². The summed E-state index contributed by atoms with van der Waals surface area (Å²) in [5.41, 5.74) is 2.82. The van der Waals surface area contributed by atoms with Crippen LogP contribution in [0.15, 0.2) is 30.5 Å². The number of para-hydroxylation sites is 1. The van der Waals surface area contributed by atoms with Gasteiger partial charge in [0.05, 0.1) is 0 Å². The lowest BCUT2D eigenvalue weighted by atomic mass is 9.90. The molecular weight excluding hydrogens is 294 g/mol. The van der Waals surface area contributed by atoms with E-state index in [0.717, 1.165) is 5.92 Å². The lowest BCUT2D eigenvalue weighted by molar-refractivity contribution is 0.198. The summed E-state index contributed by atoms with van der Waals surface area (Å²) in [4.78, 5) is 6.18. The molecule has 1 aromatic heterocycles. The Kier molecular flexibility index (Phi) is 5.19. The number of piperidine rings is 2. The van der Waals surface area contributed by atoms with E-state index in [4.69, 9.17) is 0 Å². The van der Waals surface area contributed by atoms with Crippen LogP contribution in [0.25, 0.3) is 10.9 Å². The van der Waals surface area contributed by atoms with E-state index >= 15 is 0 Å². The van der Waals surface area contributed by atoms with Crippen LogP contribution in [-0.4, -0.2) is 42.6 Å². The number of H-pyrrole nitrogens is 1. The Morgan fingerprint density at radius 1 is 1.12 bits per heavy atom. The number of aromatic nitrogens is 1. The van der Waals surface area contributed by atoms with Crippen LogP contribution in [0.4, 0.5) is 0 Å². The highest BCUT2D eigenvalue weighted by Gasteiger charge is 2.23. The van der Waals surface area contributed by atoms with Crippen molar-refractivity contribution in [2.75, 3.05) is 32.7 Å². The first-order valence-electron chi connectivity index (χ1n) is 9.89. The maximum Gasteiger partial charge on any atom is 0.0456 e. The van der Waals surface area contributed by atoms with Gasteiger partial charge in [-0.15, -0.1) is 0 Å². The number of nitrogens with one attached hydrogen (secondary N) is 2. The molecule has 2 unspecified atom stereocenters. The van der Waals surface area contributed by atoms with Crippen molar-refractivity contribution in [3.05, 3.63) is 36.0 Å². The molecule has 3 nitrogen and oxygen atoms in total. The molecule has 3 heterocycles. The van der Waals surface area contributed by atoms with Gasteiger partial charge >= 0.3 is 0 Å². The van der Waals surface area contributed by atoms with E-state index in [2.05, 4.69) is 45.7 Å². The fraction of sp³-hybridized carbons (Fsp3) is 0.619. The number of hydrogen-bond donors (Lipinski definition) is 2. The van der Waals surface area contributed by atoms with Gasteiger partial charge in [-0.3, -0.25) is 0 Å². The smallest absolute Gasteiger partial charge is 0.0456 e. The highest BCUT2D eigenvalue weighted by atomic mass is 15.1. The summed E-state index contributed by atoms with van der Waals surface area (Å²) < 4.78 is 0. The molecule has 2 aromatic rings. The van der Waals surface area contributed by atoms with E-state index in [-0.39, 0.29) is 0 Å². The maximum atomic E-state index is 3.55. The van der Waals surface area contributed by atoms with Gasteiger partial charge in [-0.25, -0.2) is 0 Å². The summed E-state index contributed by atoms with van der Waals surface area (Å²) in [7, 11) is 0. The average molecular weight is 326 g/mol. The fourth-order valence-electron chi connectivity index (χ4n) is 4.72. The molecule has 4 rings (SSSR count). The van der Waals surface area contributed by atoms with E-state index in [9.17, 15) is 0 Å². The third kappa shape index (κ3) is 3.68. The zero-order valence-electron chi connectivity index (χ0n) is 14.8. The van der Waals surface area contributed by atoms with Crippen LogP contribution < -0.4 is 5.32 Å². The van der Waals surface area contributed by atoms with Crippen molar-refractivity contribution in [3.8, 4) is 0 Å². The minimum Gasteiger partial charge on any atom is -0.361 e. The molecule has 0 saturated carbocycles. The van der Waals surface area contributed by atoms with Crippen molar-refractivity contribution in [3.63, 3.8) is 0 Å². The maximum absolute atomic E-state index is 3.55. The largest absolute Gasteiger partial charge is 0.361 e. The summed E-state index contributed by atoms with van der Waals surface area (Å²) in [6.45, 7) is 6.30. The lowest BCUT2D eigenvalue weighted by Gasteiger charge is -2.33. The molecule has 24 heavy (non-hydrogen) atoms. The minimum absolute atomic E-state index is 0.700. The van der Waals surface area contributed by atoms with Crippen molar-refractivity contribution >= 4 is 10.9 Å². The first kappa shape index (κ1) is 16.2. The van der Waals surface area contributed by atoms with Gasteiger partial charge < -0.3 is 15.2 Å². The summed E-state index contributed by atoms with van der Waals surface area (Å²) in [6, 6.07) is 8.75. The van der Waals surface area contributed by atoms with Crippen LogP contribution in [0.5, 0.6) is 0 Å². The van der Waals surface area contributed by atoms with Crippen LogP contribution in [0.2, 0.25) is 0 Å². The molecule has 2 saturated heterocycles. The molecule has 1 aromatic carbocycles. The molecule has 2 N–H and O–H groups in total. The number of hydrogen-bond acceptors (Lipinski definition) is 2. The first-order valence-corrected chi connectivity index (χ1v) is 9.89. The molecule has 130 valence electrons. The van der Waals surface area contributed by atoms with Gasteiger partial charge in [0.15, 0.2) is 0 Å². The fourth-order valence-corrected chi connectivity index (χ4v) is 4.72. The Bertz CT molecular complexity index is 641. The highest BCUT2D eigenvalue weighted by Crippen LogP contribution is 2.32. The molecular formula is C21H31N3. The topological polar surface area (TPSA) is 31.1 Å². The van der Waals surface area contributed by atoms with Gasteiger partial charge in [0, 0.05) is 23.6 Å². The van der Waals surface area contributed by atoms with Crippen molar-refractivity contribution in [1.29, 1.82) is 0 Å². The number of rotatable bonds is 5. The second-order valence-electron chi connectivity index (χ2n) is 7.78. The monoisotopic (exact) mass is 325 g/mol. The van der Waals surface area contributed by atoms with Gasteiger partial charge in [0.25, 0.3) is 0 Å². The number of benzene rings is 1. The van der Waals surface area contributed by atoms with Gasteiger partial charge in [-0.2, -0.15) is 0 Å². The number of fused-ring (bicyclic) bond motifs is 1. The third-order valence-corrected chi connectivity index (χ3v) is 6.05. The molecule has 0 bridgehead atoms. The molecule has 3 heteroatoms. The van der Waals surface area contributed by atoms with E-state index in [1.54, 1.807) is 0 Å². The minimum atomic E-state index is 0.700. The summed E-state index contributed by atoms with van der Waals surface area (Å²) in [6.07, 6.45) is 10.5. The first-order chi connectivity index (χ1) is 11.9. The SMILES string of the molecule is c1ccc2c(C3CCCN(CCCC4CCCNC4)C3)c[nH]c2c1. The van der Waals surface area contributed by atoms with Gasteiger partial charge in [-0.1, -0.05) is 18.2 Å². The third-order valence-electron chi connectivity index (χ3n) is 6.05. The standard InChI is InChI=1S/C21H31N3/c1-2-10-21-19(9-1)20(15-23-21)18-8-5-13-24(16-18)12-4-7-17-6-3-11-22-14-17/h1-2,9-10,15,17-18,22-23H,3-8,11-14,16H2. The molecule has 0 radical (unpaired) electrons. The van der Waals surface area contributed by atoms with Crippen LogP contribution in [0.3, 0.4) is 0 Å². The van der Waals surface area contributed by atoms with Crippen molar-refractivity contribution in [2.45, 2.75) is 44.4 Å². The second kappa shape index (κ2) is 7.71. The van der Waals surface area contributed by atoms with E-state index in [1.807, 2.05) is 0 Å². The van der Waals surface area contributed by atoms with Crippen LogP contribution in [-0.2, 0) is 0 Å². The molecule has 0 aliphatic carbocycles. The zero-order chi connectivity index (χ0) is 16.2. The lowest BCUT2D eigenvalue weighted by Crippen LogP contribution is -2.35. The van der Waals surface area contributed by atoms with Crippen molar-refractivity contribution < 1.29 is 0 Å². The van der Waals surface area contributed by atoms with E-state index in [0.29, 0.717) is 5.92 Å². The molecule has 0 spiro atoms. The normalized spacial score (nSPS) is 26.0. The Balaban J connectivity index is 1.32. The Hall–Kier alpha value is -1.32. The van der Waals surface area contributed by atoms with Gasteiger partial charge in [0.1, 0.15) is 0 Å². The number of aromatic amines is 1. The van der Waals surface area contributed by atoms with Gasteiger partial charge in [-0.05, 0) is 88.2 Å². The molecule has 2 fully saturated rings. The average Bonchev–Trinajstić information content (AvgIpc) is 3.07. The van der Waals surface area contributed by atoms with E-state index in [1.165, 1.54) is 87.7 Å². The molecule has 2 aliphatic heterocycles. The summed E-state index contributed by atoms with van der Waals surface area (Å²) >= 11 is 0. The zero-order valence-corrected chi connectivity index (χ0v) is 14.8.